The van der Waals surface area contributed by atoms with Crippen LogP contribution in [-0.2, 0) is 0 Å². The van der Waals surface area contributed by atoms with Gasteiger partial charge in [-0.25, -0.2) is 0 Å². The Kier molecular flexibility index (Phi) is 2.55. The topological polar surface area (TPSA) is 46.2 Å². The van der Waals surface area contributed by atoms with Gasteiger partial charge in [0.1, 0.15) is 0 Å². The van der Waals surface area contributed by atoms with E-state index in [1.54, 1.807) is 0 Å². The molecule has 2 nitrogen and oxygen atoms in total. The van der Waals surface area contributed by atoms with Crippen LogP contribution in [0, 0.1) is 11.3 Å². The Morgan fingerprint density at radius 3 is 2.45 bits per heavy atom. The van der Waals surface area contributed by atoms with Crippen LogP contribution in [0.15, 0.2) is 0 Å². The average Bonchev–Trinajstić information content (AvgIpc) is 1.96. The highest BCUT2D eigenvalue weighted by Gasteiger charge is 2.45. The van der Waals surface area contributed by atoms with E-state index in [-0.39, 0.29) is 11.5 Å². The lowest BCUT2D eigenvalue weighted by molar-refractivity contribution is -0.0591. The van der Waals surface area contributed by atoms with Crippen molar-refractivity contribution in [2.24, 2.45) is 17.1 Å². The number of aliphatic hydroxyl groups excluding tert-OH is 1. The number of rotatable bonds is 3. The van der Waals surface area contributed by atoms with Gasteiger partial charge in [0.25, 0.3) is 0 Å². The van der Waals surface area contributed by atoms with Crippen molar-refractivity contribution >= 4 is 0 Å². The Morgan fingerprint density at radius 2 is 2.18 bits per heavy atom. The van der Waals surface area contributed by atoms with Gasteiger partial charge in [-0.05, 0) is 25.2 Å². The summed E-state index contributed by atoms with van der Waals surface area (Å²) in [6.07, 6.45) is 2.88. The van der Waals surface area contributed by atoms with E-state index in [2.05, 4.69) is 6.92 Å². The minimum atomic E-state index is -0.177. The van der Waals surface area contributed by atoms with Crippen LogP contribution in [0.5, 0.6) is 0 Å². The first-order chi connectivity index (χ1) is 5.14. The van der Waals surface area contributed by atoms with E-state index < -0.39 is 0 Å². The third-order valence-corrected chi connectivity index (χ3v) is 3.01. The summed E-state index contributed by atoms with van der Waals surface area (Å²) >= 11 is 0. The molecule has 0 heterocycles. The second-order valence-electron chi connectivity index (χ2n) is 4.00. The Labute approximate surface area is 68.8 Å². The molecule has 0 aromatic carbocycles. The third-order valence-electron chi connectivity index (χ3n) is 3.01. The summed E-state index contributed by atoms with van der Waals surface area (Å²) in [4.78, 5) is 0. The number of nitrogens with two attached hydrogens (primary N) is 1. The van der Waals surface area contributed by atoms with Gasteiger partial charge >= 0.3 is 0 Å². The largest absolute Gasteiger partial charge is 0.393 e. The van der Waals surface area contributed by atoms with Crippen LogP contribution in [-0.4, -0.2) is 17.8 Å². The van der Waals surface area contributed by atoms with Crippen molar-refractivity contribution in [2.75, 3.05) is 6.54 Å². The van der Waals surface area contributed by atoms with Gasteiger partial charge in [0.2, 0.25) is 0 Å². The second kappa shape index (κ2) is 3.11. The molecule has 0 saturated heterocycles. The molecule has 2 heteroatoms. The fourth-order valence-corrected chi connectivity index (χ4v) is 2.34. The molecule has 66 valence electrons. The molecule has 1 atom stereocenters. The van der Waals surface area contributed by atoms with Gasteiger partial charge in [0, 0.05) is 12.0 Å². The Balaban J connectivity index is 2.49. The summed E-state index contributed by atoms with van der Waals surface area (Å²) < 4.78 is 0. The molecule has 0 amide bonds. The van der Waals surface area contributed by atoms with Crippen LogP contribution < -0.4 is 5.73 Å². The van der Waals surface area contributed by atoms with Gasteiger partial charge in [0.15, 0.2) is 0 Å². The average molecular weight is 157 g/mol. The van der Waals surface area contributed by atoms with Crippen molar-refractivity contribution in [3.05, 3.63) is 0 Å². The molecular weight excluding hydrogens is 138 g/mol. The molecule has 0 unspecified atom stereocenters. The van der Waals surface area contributed by atoms with Gasteiger partial charge in [-0.3, -0.25) is 0 Å². The molecule has 1 rings (SSSR count). The Bertz CT molecular complexity index is 130. The van der Waals surface area contributed by atoms with Crippen molar-refractivity contribution in [1.82, 2.24) is 0 Å². The van der Waals surface area contributed by atoms with Gasteiger partial charge in [-0.15, -0.1) is 0 Å². The molecule has 0 aromatic heterocycles. The second-order valence-corrected chi connectivity index (χ2v) is 4.00. The third kappa shape index (κ3) is 1.42. The van der Waals surface area contributed by atoms with E-state index in [0.717, 1.165) is 25.2 Å². The highest BCUT2D eigenvalue weighted by atomic mass is 16.3. The maximum absolute atomic E-state index is 9.67. The fourth-order valence-electron chi connectivity index (χ4n) is 2.34. The Morgan fingerprint density at radius 1 is 1.64 bits per heavy atom. The minimum absolute atomic E-state index is 0.0775. The maximum atomic E-state index is 9.67. The van der Waals surface area contributed by atoms with Crippen LogP contribution in [0.25, 0.3) is 0 Å². The lowest BCUT2D eigenvalue weighted by Crippen LogP contribution is -2.50. The minimum Gasteiger partial charge on any atom is -0.393 e. The molecule has 0 aliphatic heterocycles. The number of aliphatic hydroxyl groups is 1. The quantitative estimate of drug-likeness (QED) is 0.645. The maximum Gasteiger partial charge on any atom is 0.0606 e. The van der Waals surface area contributed by atoms with Crippen molar-refractivity contribution < 1.29 is 5.11 Å². The normalized spacial score (nSPS) is 39.8. The van der Waals surface area contributed by atoms with Gasteiger partial charge in [0.05, 0.1) is 6.10 Å². The first-order valence-corrected chi connectivity index (χ1v) is 4.52. The molecule has 0 bridgehead atoms. The molecule has 1 aliphatic carbocycles. The monoisotopic (exact) mass is 157 g/mol. The van der Waals surface area contributed by atoms with Crippen molar-refractivity contribution in [3.63, 3.8) is 0 Å². The molecule has 0 spiro atoms. The van der Waals surface area contributed by atoms with E-state index >= 15 is 0 Å². The van der Waals surface area contributed by atoms with Gasteiger partial charge < -0.3 is 10.8 Å². The molecule has 0 radical (unpaired) electrons. The summed E-state index contributed by atoms with van der Waals surface area (Å²) in [6, 6.07) is 0. The van der Waals surface area contributed by atoms with Crippen LogP contribution in [0.2, 0.25) is 0 Å². The Hall–Kier alpha value is -0.0800. The summed E-state index contributed by atoms with van der Waals surface area (Å²) in [7, 11) is 0. The molecular formula is C9H19NO. The standard InChI is InChI=1S/C9H19NO/c1-3-8(11)9(6-10)4-7(2)5-9/h7-8,11H,3-6,10H2,1-2H3/t7?,8-,9?/m1/s1. The summed E-state index contributed by atoms with van der Waals surface area (Å²) in [5.74, 6) is 0.764. The van der Waals surface area contributed by atoms with E-state index in [9.17, 15) is 5.11 Å². The lowest BCUT2D eigenvalue weighted by Gasteiger charge is -2.49. The fraction of sp³-hybridized carbons (Fsp3) is 1.00. The predicted octanol–water partition coefficient (Wildman–Crippen LogP) is 1.13. The van der Waals surface area contributed by atoms with Crippen molar-refractivity contribution in [2.45, 2.75) is 39.2 Å². The van der Waals surface area contributed by atoms with Crippen LogP contribution in [0.1, 0.15) is 33.1 Å². The number of hydrogen-bond donors (Lipinski definition) is 2. The first-order valence-electron chi connectivity index (χ1n) is 4.52. The van der Waals surface area contributed by atoms with E-state index in [1.807, 2.05) is 6.92 Å². The zero-order valence-electron chi connectivity index (χ0n) is 7.51. The molecule has 1 saturated carbocycles. The van der Waals surface area contributed by atoms with E-state index in [1.165, 1.54) is 0 Å². The molecule has 1 fully saturated rings. The lowest BCUT2D eigenvalue weighted by atomic mass is 9.59. The summed E-state index contributed by atoms with van der Waals surface area (Å²) in [5, 5.41) is 9.67. The predicted molar refractivity (Wildman–Crippen MR) is 46.2 cm³/mol. The number of hydrogen-bond acceptors (Lipinski definition) is 2. The zero-order chi connectivity index (χ0) is 8.48. The zero-order valence-corrected chi connectivity index (χ0v) is 7.51. The highest BCUT2D eigenvalue weighted by molar-refractivity contribution is 4.97. The molecule has 1 aliphatic rings. The first kappa shape index (κ1) is 9.01. The smallest absolute Gasteiger partial charge is 0.0606 e. The van der Waals surface area contributed by atoms with Gasteiger partial charge in [-0.2, -0.15) is 0 Å². The van der Waals surface area contributed by atoms with Crippen molar-refractivity contribution in [1.29, 1.82) is 0 Å². The molecule has 3 N–H and O–H groups in total. The molecule has 11 heavy (non-hydrogen) atoms. The molecule has 0 aromatic rings. The van der Waals surface area contributed by atoms with Crippen LogP contribution in [0.4, 0.5) is 0 Å². The summed E-state index contributed by atoms with van der Waals surface area (Å²) in [5.41, 5.74) is 5.73. The van der Waals surface area contributed by atoms with Gasteiger partial charge in [-0.1, -0.05) is 13.8 Å². The van der Waals surface area contributed by atoms with E-state index in [0.29, 0.717) is 6.54 Å². The summed E-state index contributed by atoms with van der Waals surface area (Å²) in [6.45, 7) is 4.88. The van der Waals surface area contributed by atoms with Crippen LogP contribution in [0.3, 0.4) is 0 Å². The highest BCUT2D eigenvalue weighted by Crippen LogP contribution is 2.47. The SMILES string of the molecule is CC[C@@H](O)C1(CN)CC(C)C1. The van der Waals surface area contributed by atoms with Crippen molar-refractivity contribution in [3.8, 4) is 0 Å². The van der Waals surface area contributed by atoms with E-state index in [4.69, 9.17) is 5.73 Å². The van der Waals surface area contributed by atoms with Crippen LogP contribution >= 0.6 is 0 Å².